The number of esters is 1. The molecule has 0 spiro atoms. The number of nitrogens with two attached hydrogens (primary N) is 1. The molecule has 0 heterocycles. The molecule has 0 aliphatic carbocycles. The van der Waals surface area contributed by atoms with Crippen molar-refractivity contribution in [2.24, 2.45) is 5.73 Å². The van der Waals surface area contributed by atoms with E-state index in [0.717, 1.165) is 16.9 Å². The van der Waals surface area contributed by atoms with E-state index in [1.54, 1.807) is 6.92 Å². The number of carbonyl (C=O) groups is 1. The summed E-state index contributed by atoms with van der Waals surface area (Å²) < 4.78 is 10.8. The van der Waals surface area contributed by atoms with E-state index in [1.807, 2.05) is 55.5 Å². The molecule has 23 heavy (non-hydrogen) atoms. The Morgan fingerprint density at radius 1 is 1.13 bits per heavy atom. The Balaban J connectivity index is 0.00000264. The Hall–Kier alpha value is -2.04. The number of halogens is 1. The van der Waals surface area contributed by atoms with Crippen molar-refractivity contribution in [1.29, 1.82) is 0 Å². The van der Waals surface area contributed by atoms with E-state index in [-0.39, 0.29) is 24.8 Å². The second kappa shape index (κ2) is 9.18. The molecule has 1 atom stereocenters. The predicted molar refractivity (Wildman–Crippen MR) is 93.1 cm³/mol. The number of hydrogen-bond acceptors (Lipinski definition) is 4. The molecular weight excluding hydrogens is 314 g/mol. The smallest absolute Gasteiger partial charge is 0.307 e. The summed E-state index contributed by atoms with van der Waals surface area (Å²) in [6, 6.07) is 14.9. The SMILES string of the molecule is CCOC(=O)CC(N)c1cccc(Oc2cccc(C)c2)c1.Cl. The average molecular weight is 336 g/mol. The van der Waals surface area contributed by atoms with Gasteiger partial charge in [0, 0.05) is 6.04 Å². The number of benzene rings is 2. The molecule has 0 bridgehead atoms. The first kappa shape index (κ1) is 19.0. The highest BCUT2D eigenvalue weighted by Crippen LogP contribution is 2.25. The fourth-order valence-corrected chi connectivity index (χ4v) is 2.14. The van der Waals surface area contributed by atoms with Gasteiger partial charge in [-0.2, -0.15) is 0 Å². The lowest BCUT2D eigenvalue weighted by Gasteiger charge is -2.13. The molecule has 0 aliphatic rings. The van der Waals surface area contributed by atoms with Gasteiger partial charge in [-0.1, -0.05) is 24.3 Å². The summed E-state index contributed by atoms with van der Waals surface area (Å²) in [5.74, 6) is 1.18. The molecule has 4 nitrogen and oxygen atoms in total. The van der Waals surface area contributed by atoms with Crippen LogP contribution in [0.5, 0.6) is 11.5 Å². The summed E-state index contributed by atoms with van der Waals surface area (Å²) in [4.78, 5) is 11.5. The van der Waals surface area contributed by atoms with E-state index in [2.05, 4.69) is 0 Å². The van der Waals surface area contributed by atoms with Gasteiger partial charge in [-0.15, -0.1) is 12.4 Å². The van der Waals surface area contributed by atoms with Crippen LogP contribution in [0.15, 0.2) is 48.5 Å². The van der Waals surface area contributed by atoms with Crippen LogP contribution in [0.4, 0.5) is 0 Å². The molecule has 0 saturated carbocycles. The van der Waals surface area contributed by atoms with Crippen LogP contribution in [-0.4, -0.2) is 12.6 Å². The molecule has 0 radical (unpaired) electrons. The summed E-state index contributed by atoms with van der Waals surface area (Å²) in [5.41, 5.74) is 8.03. The number of ether oxygens (including phenoxy) is 2. The molecular formula is C18H22ClNO3. The van der Waals surface area contributed by atoms with Crippen molar-refractivity contribution in [3.63, 3.8) is 0 Å². The predicted octanol–water partition coefficient (Wildman–Crippen LogP) is 4.16. The second-order valence-corrected chi connectivity index (χ2v) is 5.11. The van der Waals surface area contributed by atoms with Gasteiger partial charge >= 0.3 is 5.97 Å². The van der Waals surface area contributed by atoms with Crippen molar-refractivity contribution >= 4 is 18.4 Å². The third-order valence-corrected chi connectivity index (χ3v) is 3.20. The highest BCUT2D eigenvalue weighted by molar-refractivity contribution is 5.85. The largest absolute Gasteiger partial charge is 0.466 e. The van der Waals surface area contributed by atoms with Crippen molar-refractivity contribution in [1.82, 2.24) is 0 Å². The Bertz CT molecular complexity index is 646. The summed E-state index contributed by atoms with van der Waals surface area (Å²) in [7, 11) is 0. The van der Waals surface area contributed by atoms with E-state index in [0.29, 0.717) is 12.4 Å². The molecule has 0 aliphatic heterocycles. The lowest BCUT2D eigenvalue weighted by molar-refractivity contribution is -0.143. The van der Waals surface area contributed by atoms with Crippen LogP contribution in [0.25, 0.3) is 0 Å². The van der Waals surface area contributed by atoms with Gasteiger partial charge in [0.1, 0.15) is 11.5 Å². The fourth-order valence-electron chi connectivity index (χ4n) is 2.14. The molecule has 2 aromatic carbocycles. The number of hydrogen-bond donors (Lipinski definition) is 1. The topological polar surface area (TPSA) is 61.5 Å². The van der Waals surface area contributed by atoms with Crippen LogP contribution in [0.1, 0.15) is 30.5 Å². The minimum Gasteiger partial charge on any atom is -0.466 e. The number of carbonyl (C=O) groups excluding carboxylic acids is 1. The van der Waals surface area contributed by atoms with E-state index in [1.165, 1.54) is 0 Å². The quantitative estimate of drug-likeness (QED) is 0.805. The second-order valence-electron chi connectivity index (χ2n) is 5.11. The average Bonchev–Trinajstić information content (AvgIpc) is 2.47. The van der Waals surface area contributed by atoms with Gasteiger partial charge in [0.25, 0.3) is 0 Å². The fraction of sp³-hybridized carbons (Fsp3) is 0.278. The van der Waals surface area contributed by atoms with Gasteiger partial charge in [-0.25, -0.2) is 0 Å². The van der Waals surface area contributed by atoms with Crippen LogP contribution >= 0.6 is 12.4 Å². The first-order chi connectivity index (χ1) is 10.6. The first-order valence-corrected chi connectivity index (χ1v) is 7.34. The molecule has 0 amide bonds. The highest BCUT2D eigenvalue weighted by atomic mass is 35.5. The molecule has 2 aromatic rings. The van der Waals surface area contributed by atoms with Gasteiger partial charge in [0.2, 0.25) is 0 Å². The number of rotatable bonds is 6. The minimum atomic E-state index is -0.403. The van der Waals surface area contributed by atoms with Crippen molar-refractivity contribution in [3.8, 4) is 11.5 Å². The van der Waals surface area contributed by atoms with Gasteiger partial charge in [-0.05, 0) is 49.2 Å². The normalized spacial score (nSPS) is 11.3. The monoisotopic (exact) mass is 335 g/mol. The van der Waals surface area contributed by atoms with Crippen LogP contribution in [-0.2, 0) is 9.53 Å². The van der Waals surface area contributed by atoms with Crippen LogP contribution < -0.4 is 10.5 Å². The Morgan fingerprint density at radius 2 is 1.78 bits per heavy atom. The molecule has 0 saturated heterocycles. The zero-order chi connectivity index (χ0) is 15.9. The molecule has 2 rings (SSSR count). The molecule has 124 valence electrons. The highest BCUT2D eigenvalue weighted by Gasteiger charge is 2.13. The van der Waals surface area contributed by atoms with Crippen LogP contribution in [0, 0.1) is 6.92 Å². The minimum absolute atomic E-state index is 0. The Kier molecular flexibility index (Phi) is 7.59. The maximum atomic E-state index is 11.5. The van der Waals surface area contributed by atoms with E-state index in [9.17, 15) is 4.79 Å². The van der Waals surface area contributed by atoms with Gasteiger partial charge in [-0.3, -0.25) is 4.79 Å². The summed E-state index contributed by atoms with van der Waals surface area (Å²) in [5, 5.41) is 0. The van der Waals surface area contributed by atoms with Gasteiger partial charge < -0.3 is 15.2 Å². The third kappa shape index (κ3) is 5.93. The molecule has 5 heteroatoms. The van der Waals surface area contributed by atoms with E-state index in [4.69, 9.17) is 15.2 Å². The summed E-state index contributed by atoms with van der Waals surface area (Å²) in [6.45, 7) is 4.15. The van der Waals surface area contributed by atoms with E-state index >= 15 is 0 Å². The zero-order valence-electron chi connectivity index (χ0n) is 13.3. The zero-order valence-corrected chi connectivity index (χ0v) is 14.1. The van der Waals surface area contributed by atoms with Crippen molar-refractivity contribution in [2.45, 2.75) is 26.3 Å². The van der Waals surface area contributed by atoms with Crippen molar-refractivity contribution in [3.05, 3.63) is 59.7 Å². The lowest BCUT2D eigenvalue weighted by Crippen LogP contribution is -2.17. The standard InChI is InChI=1S/C18H21NO3.ClH/c1-3-21-18(20)12-17(19)14-7-5-9-16(11-14)22-15-8-4-6-13(2)10-15;/h4-11,17H,3,12,19H2,1-2H3;1H. The molecule has 0 aromatic heterocycles. The van der Waals surface area contributed by atoms with Crippen LogP contribution in [0.3, 0.4) is 0 Å². The number of aryl methyl sites for hydroxylation is 1. The van der Waals surface area contributed by atoms with Gasteiger partial charge in [0.15, 0.2) is 0 Å². The summed E-state index contributed by atoms with van der Waals surface area (Å²) in [6.07, 6.45) is 0.155. The molecule has 1 unspecified atom stereocenters. The summed E-state index contributed by atoms with van der Waals surface area (Å²) >= 11 is 0. The van der Waals surface area contributed by atoms with Gasteiger partial charge in [0.05, 0.1) is 13.0 Å². The van der Waals surface area contributed by atoms with Crippen LogP contribution in [0.2, 0.25) is 0 Å². The van der Waals surface area contributed by atoms with E-state index < -0.39 is 6.04 Å². The van der Waals surface area contributed by atoms with Crippen molar-refractivity contribution < 1.29 is 14.3 Å². The Labute approximate surface area is 143 Å². The molecule has 0 fully saturated rings. The maximum Gasteiger partial charge on any atom is 0.307 e. The lowest BCUT2D eigenvalue weighted by atomic mass is 10.0. The molecule has 2 N–H and O–H groups in total. The van der Waals surface area contributed by atoms with Crippen molar-refractivity contribution in [2.75, 3.05) is 6.61 Å². The Morgan fingerprint density at radius 3 is 2.43 bits per heavy atom. The third-order valence-electron chi connectivity index (χ3n) is 3.20. The first-order valence-electron chi connectivity index (χ1n) is 7.34. The maximum absolute atomic E-state index is 11.5.